The lowest BCUT2D eigenvalue weighted by molar-refractivity contribution is -0.118. The van der Waals surface area contributed by atoms with Gasteiger partial charge in [0.05, 0.1) is 0 Å². The van der Waals surface area contributed by atoms with E-state index in [0.29, 0.717) is 6.54 Å². The van der Waals surface area contributed by atoms with Gasteiger partial charge in [0.1, 0.15) is 5.88 Å². The van der Waals surface area contributed by atoms with Crippen molar-refractivity contribution in [2.24, 2.45) is 0 Å². The lowest BCUT2D eigenvalue weighted by atomic mass is 10.1. The maximum Gasteiger partial charge on any atom is 0.234 e. The van der Waals surface area contributed by atoms with Crippen molar-refractivity contribution in [2.75, 3.05) is 12.4 Å². The predicted octanol–water partition coefficient (Wildman–Crippen LogP) is 2.66. The highest BCUT2D eigenvalue weighted by atomic mass is 79.9. The van der Waals surface area contributed by atoms with Crippen LogP contribution < -0.4 is 5.32 Å². The van der Waals surface area contributed by atoms with E-state index < -0.39 is 0 Å². The quantitative estimate of drug-likeness (QED) is 0.849. The molecule has 0 aliphatic rings. The molecule has 0 aliphatic heterocycles. The molecule has 0 atom stereocenters. The molecule has 82 valence electrons. The molecule has 0 aromatic heterocycles. The summed E-state index contributed by atoms with van der Waals surface area (Å²) in [6.07, 6.45) is 0.830. The van der Waals surface area contributed by atoms with Crippen LogP contribution in [0.5, 0.6) is 0 Å². The second-order valence-electron chi connectivity index (χ2n) is 3.32. The number of nitrogens with one attached hydrogen (secondary N) is 1. The summed E-state index contributed by atoms with van der Waals surface area (Å²) in [7, 11) is 0. The first-order valence-corrected chi connectivity index (χ1v) is 6.04. The van der Waals surface area contributed by atoms with E-state index in [1.165, 1.54) is 11.1 Å². The topological polar surface area (TPSA) is 29.1 Å². The van der Waals surface area contributed by atoms with Gasteiger partial charge in [-0.25, -0.2) is 0 Å². The SMILES string of the molecule is Cc1cc(CCNC(=O)CCl)ccc1Br. The largest absolute Gasteiger partial charge is 0.355 e. The van der Waals surface area contributed by atoms with Crippen molar-refractivity contribution in [2.45, 2.75) is 13.3 Å². The van der Waals surface area contributed by atoms with Crippen LogP contribution in [0.15, 0.2) is 22.7 Å². The van der Waals surface area contributed by atoms with Crippen molar-refractivity contribution in [3.05, 3.63) is 33.8 Å². The Morgan fingerprint density at radius 2 is 2.27 bits per heavy atom. The molecule has 1 aromatic carbocycles. The third-order valence-corrected chi connectivity index (χ3v) is 3.21. The molecule has 0 saturated carbocycles. The average molecular weight is 291 g/mol. The van der Waals surface area contributed by atoms with Crippen LogP contribution in [0.3, 0.4) is 0 Å². The van der Waals surface area contributed by atoms with Crippen LogP contribution in [0.1, 0.15) is 11.1 Å². The Morgan fingerprint density at radius 3 is 2.87 bits per heavy atom. The monoisotopic (exact) mass is 289 g/mol. The summed E-state index contributed by atoms with van der Waals surface area (Å²) >= 11 is 8.81. The molecule has 15 heavy (non-hydrogen) atoms. The lowest BCUT2D eigenvalue weighted by Gasteiger charge is -2.05. The molecule has 0 saturated heterocycles. The van der Waals surface area contributed by atoms with Gasteiger partial charge in [-0.05, 0) is 30.5 Å². The fourth-order valence-electron chi connectivity index (χ4n) is 1.26. The molecule has 2 nitrogen and oxygen atoms in total. The zero-order valence-corrected chi connectivity index (χ0v) is 10.9. The third-order valence-electron chi connectivity index (χ3n) is 2.08. The molecule has 1 aromatic rings. The lowest BCUT2D eigenvalue weighted by Crippen LogP contribution is -2.26. The molecular formula is C11H13BrClNO. The highest BCUT2D eigenvalue weighted by molar-refractivity contribution is 9.10. The van der Waals surface area contributed by atoms with E-state index in [-0.39, 0.29) is 11.8 Å². The van der Waals surface area contributed by atoms with Crippen molar-refractivity contribution < 1.29 is 4.79 Å². The van der Waals surface area contributed by atoms with Crippen LogP contribution in [-0.2, 0) is 11.2 Å². The van der Waals surface area contributed by atoms with Gasteiger partial charge in [-0.1, -0.05) is 28.1 Å². The number of hydrogen-bond acceptors (Lipinski definition) is 1. The van der Waals surface area contributed by atoms with Crippen molar-refractivity contribution >= 4 is 33.4 Å². The number of amides is 1. The molecule has 0 heterocycles. The molecule has 0 unspecified atom stereocenters. The minimum Gasteiger partial charge on any atom is -0.355 e. The molecule has 0 aliphatic carbocycles. The summed E-state index contributed by atoms with van der Waals surface area (Å²) in [5, 5.41) is 2.73. The number of carbonyl (C=O) groups excluding carboxylic acids is 1. The Morgan fingerprint density at radius 1 is 1.53 bits per heavy atom. The molecule has 1 amide bonds. The second-order valence-corrected chi connectivity index (χ2v) is 4.44. The van der Waals surface area contributed by atoms with Crippen molar-refractivity contribution in [3.63, 3.8) is 0 Å². The first-order valence-electron chi connectivity index (χ1n) is 4.71. The van der Waals surface area contributed by atoms with E-state index in [9.17, 15) is 4.79 Å². The van der Waals surface area contributed by atoms with Crippen LogP contribution in [0.2, 0.25) is 0 Å². The molecule has 0 spiro atoms. The van der Waals surface area contributed by atoms with E-state index in [1.807, 2.05) is 19.1 Å². The van der Waals surface area contributed by atoms with E-state index in [0.717, 1.165) is 10.9 Å². The summed E-state index contributed by atoms with van der Waals surface area (Å²) < 4.78 is 1.11. The van der Waals surface area contributed by atoms with Crippen LogP contribution in [0.25, 0.3) is 0 Å². The zero-order chi connectivity index (χ0) is 11.3. The number of alkyl halides is 1. The number of aryl methyl sites for hydroxylation is 1. The maximum atomic E-state index is 10.9. The van der Waals surface area contributed by atoms with Crippen molar-refractivity contribution in [3.8, 4) is 0 Å². The predicted molar refractivity (Wildman–Crippen MR) is 66.3 cm³/mol. The zero-order valence-electron chi connectivity index (χ0n) is 8.52. The van der Waals surface area contributed by atoms with Crippen molar-refractivity contribution in [1.29, 1.82) is 0 Å². The fraction of sp³-hybridized carbons (Fsp3) is 0.364. The minimum absolute atomic E-state index is 0.0271. The van der Waals surface area contributed by atoms with E-state index in [2.05, 4.69) is 27.3 Å². The summed E-state index contributed by atoms with van der Waals surface area (Å²) in [5.74, 6) is -0.0928. The number of rotatable bonds is 4. The molecular weight excluding hydrogens is 277 g/mol. The average Bonchev–Trinajstić information content (AvgIpc) is 2.23. The number of hydrogen-bond donors (Lipinski definition) is 1. The second kappa shape index (κ2) is 6.13. The number of halogens is 2. The van der Waals surface area contributed by atoms with Gasteiger partial charge in [-0.2, -0.15) is 0 Å². The smallest absolute Gasteiger partial charge is 0.234 e. The van der Waals surface area contributed by atoms with Gasteiger partial charge in [-0.3, -0.25) is 4.79 Å². The standard InChI is InChI=1S/C11H13BrClNO/c1-8-6-9(2-3-10(8)12)4-5-14-11(15)7-13/h2-3,6H,4-5,7H2,1H3,(H,14,15). The van der Waals surface area contributed by atoms with Gasteiger partial charge in [0.15, 0.2) is 0 Å². The van der Waals surface area contributed by atoms with Gasteiger partial charge < -0.3 is 5.32 Å². The molecule has 1 N–H and O–H groups in total. The van der Waals surface area contributed by atoms with Gasteiger partial charge >= 0.3 is 0 Å². The first kappa shape index (κ1) is 12.5. The van der Waals surface area contributed by atoms with Crippen LogP contribution in [-0.4, -0.2) is 18.3 Å². The minimum atomic E-state index is -0.120. The molecule has 1 rings (SSSR count). The van der Waals surface area contributed by atoms with Gasteiger partial charge in [0, 0.05) is 11.0 Å². The Labute approximate surface area is 103 Å². The normalized spacial score (nSPS) is 10.1. The fourth-order valence-corrected chi connectivity index (χ4v) is 1.60. The summed E-state index contributed by atoms with van der Waals surface area (Å²) in [4.78, 5) is 10.9. The first-order chi connectivity index (χ1) is 7.13. The highest BCUT2D eigenvalue weighted by Crippen LogP contribution is 2.17. The Hall–Kier alpha value is -0.540. The highest BCUT2D eigenvalue weighted by Gasteiger charge is 1.99. The summed E-state index contributed by atoms with van der Waals surface area (Å²) in [6.45, 7) is 2.68. The Balaban J connectivity index is 2.44. The van der Waals surface area contributed by atoms with Gasteiger partial charge in [0.2, 0.25) is 5.91 Å². The van der Waals surface area contributed by atoms with Crippen molar-refractivity contribution in [1.82, 2.24) is 5.32 Å². The summed E-state index contributed by atoms with van der Waals surface area (Å²) in [6, 6.07) is 6.18. The third kappa shape index (κ3) is 4.22. The molecule has 0 radical (unpaired) electrons. The van der Waals surface area contributed by atoms with E-state index in [4.69, 9.17) is 11.6 Å². The number of carbonyl (C=O) groups is 1. The molecule has 0 bridgehead atoms. The maximum absolute atomic E-state index is 10.9. The van der Waals surface area contributed by atoms with Gasteiger partial charge in [-0.15, -0.1) is 11.6 Å². The van der Waals surface area contributed by atoms with Crippen LogP contribution >= 0.6 is 27.5 Å². The van der Waals surface area contributed by atoms with Crippen LogP contribution in [0, 0.1) is 6.92 Å². The Kier molecular flexibility index (Phi) is 5.12. The molecule has 4 heteroatoms. The number of benzene rings is 1. The summed E-state index contributed by atoms with van der Waals surface area (Å²) in [5.41, 5.74) is 2.42. The van der Waals surface area contributed by atoms with E-state index in [1.54, 1.807) is 0 Å². The van der Waals surface area contributed by atoms with Crippen LogP contribution in [0.4, 0.5) is 0 Å². The Bertz CT molecular complexity index is 354. The van der Waals surface area contributed by atoms with E-state index >= 15 is 0 Å². The molecule has 0 fully saturated rings. The van der Waals surface area contributed by atoms with Gasteiger partial charge in [0.25, 0.3) is 0 Å².